The fraction of sp³-hybridized carbons (Fsp3) is 0. The second kappa shape index (κ2) is 2.29. The van der Waals surface area contributed by atoms with Gasteiger partial charge in [0.2, 0.25) is 0 Å². The van der Waals surface area contributed by atoms with Crippen LogP contribution in [-0.4, -0.2) is 15.2 Å². The van der Waals surface area contributed by atoms with Crippen LogP contribution in [0.2, 0.25) is 0 Å². The fourth-order valence-electron chi connectivity index (χ4n) is 1.62. The molecule has 0 unspecified atom stereocenters. The lowest BCUT2D eigenvalue weighted by Gasteiger charge is -1.96. The van der Waals surface area contributed by atoms with Crippen molar-refractivity contribution in [3.63, 3.8) is 0 Å². The van der Waals surface area contributed by atoms with Gasteiger partial charge in [0.05, 0.1) is 12.4 Å². The van der Waals surface area contributed by atoms with Crippen LogP contribution in [0.5, 0.6) is 0 Å². The second-order valence-corrected chi connectivity index (χ2v) is 3.00. The minimum Gasteiger partial charge on any atom is -0.361 e. The molecule has 0 bridgehead atoms. The maximum absolute atomic E-state index is 3.88. The van der Waals surface area contributed by atoms with Crippen molar-refractivity contribution in [2.75, 3.05) is 0 Å². The summed E-state index contributed by atoms with van der Waals surface area (Å²) in [7, 11) is 0. The van der Waals surface area contributed by atoms with E-state index < -0.39 is 0 Å². The Morgan fingerprint density at radius 2 is 1.85 bits per heavy atom. The van der Waals surface area contributed by atoms with E-state index in [4.69, 9.17) is 0 Å². The maximum atomic E-state index is 3.88. The first-order valence-electron chi connectivity index (χ1n) is 4.12. The molecule has 0 spiro atoms. The van der Waals surface area contributed by atoms with E-state index in [1.807, 2.05) is 12.3 Å². The topological polar surface area (TPSA) is 41.6 Å². The normalized spacial score (nSPS) is 11.1. The molecular formula is C10H7N3. The SMILES string of the molecule is c1cc2c(ccc3cnncc32)[nH]1. The monoisotopic (exact) mass is 169 g/mol. The van der Waals surface area contributed by atoms with Crippen LogP contribution in [0.25, 0.3) is 21.7 Å². The molecule has 0 fully saturated rings. The summed E-state index contributed by atoms with van der Waals surface area (Å²) in [5.41, 5.74) is 1.14. The van der Waals surface area contributed by atoms with E-state index in [-0.39, 0.29) is 0 Å². The molecule has 3 aromatic rings. The number of nitrogens with zero attached hydrogens (tertiary/aromatic N) is 2. The van der Waals surface area contributed by atoms with Crippen molar-refractivity contribution in [3.05, 3.63) is 36.8 Å². The number of aromatic amines is 1. The molecule has 0 aliphatic carbocycles. The molecule has 0 aliphatic rings. The number of benzene rings is 1. The van der Waals surface area contributed by atoms with Crippen molar-refractivity contribution in [2.45, 2.75) is 0 Å². The molecule has 1 N–H and O–H groups in total. The average molecular weight is 169 g/mol. The van der Waals surface area contributed by atoms with Gasteiger partial charge in [-0.05, 0) is 12.1 Å². The van der Waals surface area contributed by atoms with Gasteiger partial charge >= 0.3 is 0 Å². The van der Waals surface area contributed by atoms with Crippen molar-refractivity contribution >= 4 is 21.7 Å². The Hall–Kier alpha value is -1.90. The Balaban J connectivity index is 2.65. The lowest BCUT2D eigenvalue weighted by Crippen LogP contribution is -1.80. The molecule has 0 amide bonds. The standard InChI is InChI=1S/C10H7N3/c1-2-10-8(3-4-11-10)9-6-13-12-5-7(1)9/h1-6,11H. The molecule has 2 heterocycles. The predicted molar refractivity (Wildman–Crippen MR) is 51.4 cm³/mol. The Morgan fingerprint density at radius 1 is 0.923 bits per heavy atom. The van der Waals surface area contributed by atoms with E-state index >= 15 is 0 Å². The molecule has 2 aromatic heterocycles. The summed E-state index contributed by atoms with van der Waals surface area (Å²) in [5, 5.41) is 11.2. The number of H-pyrrole nitrogens is 1. The minimum atomic E-state index is 1.13. The molecule has 0 saturated heterocycles. The van der Waals surface area contributed by atoms with Gasteiger partial charge in [-0.25, -0.2) is 0 Å². The molecule has 3 nitrogen and oxygen atoms in total. The van der Waals surface area contributed by atoms with E-state index in [1.165, 1.54) is 5.39 Å². The van der Waals surface area contributed by atoms with Gasteiger partial charge in [-0.2, -0.15) is 10.2 Å². The van der Waals surface area contributed by atoms with Crippen LogP contribution in [0, 0.1) is 0 Å². The molecule has 0 atom stereocenters. The third-order valence-electron chi connectivity index (χ3n) is 2.26. The van der Waals surface area contributed by atoms with Gasteiger partial charge in [0, 0.05) is 27.9 Å². The summed E-state index contributed by atoms with van der Waals surface area (Å²) in [6.07, 6.45) is 5.51. The highest BCUT2D eigenvalue weighted by Gasteiger charge is 1.99. The Bertz CT molecular complexity index is 568. The summed E-state index contributed by atoms with van der Waals surface area (Å²) in [4.78, 5) is 3.16. The van der Waals surface area contributed by atoms with Gasteiger partial charge in [-0.1, -0.05) is 6.07 Å². The van der Waals surface area contributed by atoms with E-state index in [2.05, 4.69) is 27.3 Å². The van der Waals surface area contributed by atoms with Crippen LogP contribution in [0.3, 0.4) is 0 Å². The summed E-state index contributed by atoms with van der Waals surface area (Å²) in [6.45, 7) is 0. The van der Waals surface area contributed by atoms with Gasteiger partial charge in [-0.15, -0.1) is 0 Å². The Morgan fingerprint density at radius 3 is 2.85 bits per heavy atom. The third-order valence-corrected chi connectivity index (χ3v) is 2.26. The molecule has 62 valence electrons. The van der Waals surface area contributed by atoms with E-state index in [1.54, 1.807) is 12.4 Å². The molecule has 0 saturated carbocycles. The zero-order valence-corrected chi connectivity index (χ0v) is 6.86. The zero-order chi connectivity index (χ0) is 8.67. The number of fused-ring (bicyclic) bond motifs is 3. The van der Waals surface area contributed by atoms with Crippen molar-refractivity contribution in [3.8, 4) is 0 Å². The second-order valence-electron chi connectivity index (χ2n) is 3.00. The number of hydrogen-bond acceptors (Lipinski definition) is 2. The quantitative estimate of drug-likeness (QED) is 0.560. The van der Waals surface area contributed by atoms with Gasteiger partial charge in [0.25, 0.3) is 0 Å². The predicted octanol–water partition coefficient (Wildman–Crippen LogP) is 2.11. The minimum absolute atomic E-state index is 1.13. The summed E-state index contributed by atoms with van der Waals surface area (Å²) < 4.78 is 0. The van der Waals surface area contributed by atoms with Gasteiger partial charge in [0.15, 0.2) is 0 Å². The van der Waals surface area contributed by atoms with Crippen molar-refractivity contribution in [1.29, 1.82) is 0 Å². The largest absolute Gasteiger partial charge is 0.361 e. The van der Waals surface area contributed by atoms with Crippen molar-refractivity contribution < 1.29 is 0 Å². The molecule has 3 heteroatoms. The molecule has 13 heavy (non-hydrogen) atoms. The van der Waals surface area contributed by atoms with Crippen LogP contribution >= 0.6 is 0 Å². The molecular weight excluding hydrogens is 162 g/mol. The van der Waals surface area contributed by atoms with Crippen molar-refractivity contribution in [1.82, 2.24) is 15.2 Å². The first kappa shape index (κ1) is 6.60. The van der Waals surface area contributed by atoms with E-state index in [0.29, 0.717) is 0 Å². The molecule has 0 aliphatic heterocycles. The number of rotatable bonds is 0. The number of aromatic nitrogens is 3. The Labute approximate surface area is 74.4 Å². The van der Waals surface area contributed by atoms with Crippen molar-refractivity contribution in [2.24, 2.45) is 0 Å². The van der Waals surface area contributed by atoms with Crippen LogP contribution < -0.4 is 0 Å². The number of nitrogens with one attached hydrogen (secondary N) is 1. The summed E-state index contributed by atoms with van der Waals surface area (Å²) in [5.74, 6) is 0. The highest BCUT2D eigenvalue weighted by molar-refractivity contribution is 6.05. The zero-order valence-electron chi connectivity index (χ0n) is 6.86. The third kappa shape index (κ3) is 0.839. The van der Waals surface area contributed by atoms with Gasteiger partial charge in [-0.3, -0.25) is 0 Å². The molecule has 3 rings (SSSR count). The van der Waals surface area contributed by atoms with E-state index in [0.717, 1.165) is 16.3 Å². The van der Waals surface area contributed by atoms with Gasteiger partial charge < -0.3 is 4.98 Å². The van der Waals surface area contributed by atoms with Crippen LogP contribution in [0.1, 0.15) is 0 Å². The average Bonchev–Trinajstić information content (AvgIpc) is 2.65. The first-order chi connectivity index (χ1) is 6.45. The lowest BCUT2D eigenvalue weighted by atomic mass is 10.1. The van der Waals surface area contributed by atoms with E-state index in [9.17, 15) is 0 Å². The lowest BCUT2D eigenvalue weighted by molar-refractivity contribution is 1.05. The molecule has 1 aromatic carbocycles. The Kier molecular flexibility index (Phi) is 1.16. The first-order valence-corrected chi connectivity index (χ1v) is 4.12. The fourth-order valence-corrected chi connectivity index (χ4v) is 1.62. The number of hydrogen-bond donors (Lipinski definition) is 1. The highest BCUT2D eigenvalue weighted by atomic mass is 15.1. The smallest absolute Gasteiger partial charge is 0.0581 e. The van der Waals surface area contributed by atoms with Gasteiger partial charge in [0.1, 0.15) is 0 Å². The summed E-state index contributed by atoms with van der Waals surface area (Å²) >= 11 is 0. The maximum Gasteiger partial charge on any atom is 0.0581 e. The highest BCUT2D eigenvalue weighted by Crippen LogP contribution is 2.22. The van der Waals surface area contributed by atoms with Crippen LogP contribution in [-0.2, 0) is 0 Å². The molecule has 0 radical (unpaired) electrons. The van der Waals surface area contributed by atoms with Crippen LogP contribution in [0.4, 0.5) is 0 Å². The summed E-state index contributed by atoms with van der Waals surface area (Å²) in [6, 6.07) is 6.15. The van der Waals surface area contributed by atoms with Crippen LogP contribution in [0.15, 0.2) is 36.8 Å².